The van der Waals surface area contributed by atoms with Crippen LogP contribution in [0.2, 0.25) is 0 Å². The number of hydrogen-bond acceptors (Lipinski definition) is 8. The summed E-state index contributed by atoms with van der Waals surface area (Å²) in [5.74, 6) is 0.883. The van der Waals surface area contributed by atoms with Gasteiger partial charge < -0.3 is 24.1 Å². The maximum Gasteiger partial charge on any atom is 0.163 e. The van der Waals surface area contributed by atoms with E-state index in [1.165, 1.54) is 6.33 Å². The first-order valence-electron chi connectivity index (χ1n) is 11.5. The molecule has 1 aliphatic rings. The van der Waals surface area contributed by atoms with Crippen molar-refractivity contribution in [3.8, 4) is 0 Å². The summed E-state index contributed by atoms with van der Waals surface area (Å²) >= 11 is 1.78. The summed E-state index contributed by atoms with van der Waals surface area (Å²) in [6.45, 7) is 6.63. The SMILES string of the molecule is CSCC1OC(C)(C)OCC1CNCc1cn(COCc2ccccc2)c2c(N=[N+]=[N-])ncnc12. The molecule has 0 saturated carbocycles. The normalized spacial score (nSPS) is 19.5. The Bertz CT molecular complexity index is 1160. The standard InChI is InChI=1S/C24H31N7O3S/c1-24(2)33-13-19(20(34-24)14-35-3)10-26-9-18-11-31(16-32-12-17-7-5-4-6-8-17)22-21(18)27-15-28-23(22)29-30-25/h4-8,11,15,19-20,26H,9-10,12-14,16H2,1-3H3. The number of fused-ring (bicyclic) bond motifs is 1. The summed E-state index contributed by atoms with van der Waals surface area (Å²) < 4.78 is 19.9. The van der Waals surface area contributed by atoms with E-state index in [2.05, 4.69) is 31.6 Å². The Morgan fingerprint density at radius 1 is 1.31 bits per heavy atom. The van der Waals surface area contributed by atoms with Crippen molar-refractivity contribution in [3.63, 3.8) is 0 Å². The molecule has 4 rings (SSSR count). The average molecular weight is 498 g/mol. The second-order valence-electron chi connectivity index (χ2n) is 8.88. The van der Waals surface area contributed by atoms with Gasteiger partial charge in [0.05, 0.1) is 30.4 Å². The first-order chi connectivity index (χ1) is 17.0. The molecular formula is C24H31N7O3S. The van der Waals surface area contributed by atoms with Crippen molar-refractivity contribution in [3.05, 3.63) is 64.4 Å². The predicted octanol–water partition coefficient (Wildman–Crippen LogP) is 4.77. The summed E-state index contributed by atoms with van der Waals surface area (Å²) in [5.41, 5.74) is 12.5. The molecule has 1 fully saturated rings. The highest BCUT2D eigenvalue weighted by atomic mass is 32.2. The molecule has 1 N–H and O–H groups in total. The van der Waals surface area contributed by atoms with Crippen LogP contribution >= 0.6 is 11.8 Å². The van der Waals surface area contributed by atoms with Crippen molar-refractivity contribution in [1.29, 1.82) is 0 Å². The van der Waals surface area contributed by atoms with Crippen LogP contribution < -0.4 is 5.32 Å². The van der Waals surface area contributed by atoms with Gasteiger partial charge in [-0.3, -0.25) is 0 Å². The molecule has 1 aromatic carbocycles. The number of benzene rings is 1. The van der Waals surface area contributed by atoms with E-state index in [0.717, 1.165) is 28.9 Å². The molecule has 2 atom stereocenters. The number of rotatable bonds is 11. The molecule has 0 bridgehead atoms. The Morgan fingerprint density at radius 2 is 2.14 bits per heavy atom. The molecule has 3 heterocycles. The van der Waals surface area contributed by atoms with Crippen molar-refractivity contribution in [2.45, 2.75) is 45.6 Å². The minimum absolute atomic E-state index is 0.118. The monoisotopic (exact) mass is 497 g/mol. The Morgan fingerprint density at radius 3 is 2.91 bits per heavy atom. The van der Waals surface area contributed by atoms with Crippen LogP contribution in [0.25, 0.3) is 21.5 Å². The number of thioether (sulfide) groups is 1. The Labute approximate surface area is 209 Å². The van der Waals surface area contributed by atoms with Crippen molar-refractivity contribution in [1.82, 2.24) is 19.9 Å². The molecule has 0 spiro atoms. The lowest BCUT2D eigenvalue weighted by Crippen LogP contribution is -2.49. The number of nitrogens with one attached hydrogen (secondary N) is 1. The zero-order valence-electron chi connectivity index (χ0n) is 20.3. The van der Waals surface area contributed by atoms with Crippen molar-refractivity contribution in [2.75, 3.05) is 25.2 Å². The molecule has 0 aliphatic carbocycles. The Balaban J connectivity index is 1.47. The highest BCUT2D eigenvalue weighted by Gasteiger charge is 2.35. The minimum atomic E-state index is -0.557. The molecule has 2 unspecified atom stereocenters. The summed E-state index contributed by atoms with van der Waals surface area (Å²) in [6.07, 6.45) is 5.61. The summed E-state index contributed by atoms with van der Waals surface area (Å²) in [4.78, 5) is 11.6. The molecular weight excluding hydrogens is 466 g/mol. The van der Waals surface area contributed by atoms with Gasteiger partial charge in [-0.25, -0.2) is 9.97 Å². The predicted molar refractivity (Wildman–Crippen MR) is 136 cm³/mol. The topological polar surface area (TPSA) is 119 Å². The summed E-state index contributed by atoms with van der Waals surface area (Å²) in [5, 5.41) is 7.31. The molecule has 1 saturated heterocycles. The number of aromatic nitrogens is 3. The van der Waals surface area contributed by atoms with E-state index in [1.54, 1.807) is 11.8 Å². The second-order valence-corrected chi connectivity index (χ2v) is 9.80. The van der Waals surface area contributed by atoms with Crippen molar-refractivity contribution in [2.24, 2.45) is 11.0 Å². The lowest BCUT2D eigenvalue weighted by Gasteiger charge is -2.41. The fourth-order valence-electron chi connectivity index (χ4n) is 4.19. The molecule has 2 aromatic heterocycles. The third-order valence-electron chi connectivity index (χ3n) is 5.85. The lowest BCUT2D eigenvalue weighted by atomic mass is 10.0. The van der Waals surface area contributed by atoms with Crippen LogP contribution in [0.1, 0.15) is 25.0 Å². The van der Waals surface area contributed by atoms with E-state index in [0.29, 0.717) is 25.3 Å². The molecule has 0 radical (unpaired) electrons. The van der Waals surface area contributed by atoms with E-state index in [-0.39, 0.29) is 24.6 Å². The van der Waals surface area contributed by atoms with E-state index in [9.17, 15) is 0 Å². The van der Waals surface area contributed by atoms with Gasteiger partial charge in [-0.1, -0.05) is 30.3 Å². The van der Waals surface area contributed by atoms with Crippen LogP contribution in [0.3, 0.4) is 0 Å². The fraction of sp³-hybridized carbons (Fsp3) is 0.500. The molecule has 186 valence electrons. The second kappa shape index (κ2) is 11.9. The summed E-state index contributed by atoms with van der Waals surface area (Å²) in [6, 6.07) is 9.97. The smallest absolute Gasteiger partial charge is 0.163 e. The first kappa shape index (κ1) is 25.4. The molecule has 35 heavy (non-hydrogen) atoms. The molecule has 11 heteroatoms. The van der Waals surface area contributed by atoms with Gasteiger partial charge in [-0.15, -0.1) is 0 Å². The van der Waals surface area contributed by atoms with Crippen LogP contribution in [0.15, 0.2) is 48.0 Å². The van der Waals surface area contributed by atoms with Crippen LogP contribution in [0.4, 0.5) is 5.82 Å². The van der Waals surface area contributed by atoms with Crippen molar-refractivity contribution < 1.29 is 14.2 Å². The van der Waals surface area contributed by atoms with E-state index < -0.39 is 5.79 Å². The van der Waals surface area contributed by atoms with Crippen LogP contribution in [-0.2, 0) is 34.1 Å². The molecule has 1 aliphatic heterocycles. The van der Waals surface area contributed by atoms with Crippen LogP contribution in [0.5, 0.6) is 0 Å². The Kier molecular flexibility index (Phi) is 8.61. The Hall–Kier alpha value is -2.66. The van der Waals surface area contributed by atoms with Crippen LogP contribution in [0, 0.1) is 5.92 Å². The van der Waals surface area contributed by atoms with Gasteiger partial charge in [0, 0.05) is 41.4 Å². The van der Waals surface area contributed by atoms with E-state index >= 15 is 0 Å². The minimum Gasteiger partial charge on any atom is -0.356 e. The highest BCUT2D eigenvalue weighted by Crippen LogP contribution is 2.29. The molecule has 3 aromatic rings. The molecule has 0 amide bonds. The first-order valence-corrected chi connectivity index (χ1v) is 12.9. The summed E-state index contributed by atoms with van der Waals surface area (Å²) in [7, 11) is 0. The van der Waals surface area contributed by atoms with Gasteiger partial charge in [-0.2, -0.15) is 11.8 Å². The highest BCUT2D eigenvalue weighted by molar-refractivity contribution is 7.98. The fourth-order valence-corrected chi connectivity index (χ4v) is 4.86. The van der Waals surface area contributed by atoms with Gasteiger partial charge in [0.25, 0.3) is 0 Å². The van der Waals surface area contributed by atoms with Gasteiger partial charge in [0.2, 0.25) is 0 Å². The van der Waals surface area contributed by atoms with Gasteiger partial charge in [0.15, 0.2) is 11.6 Å². The third-order valence-corrected chi connectivity index (χ3v) is 6.51. The van der Waals surface area contributed by atoms with Gasteiger partial charge in [-0.05, 0) is 36.3 Å². The molecule has 10 nitrogen and oxygen atoms in total. The quantitative estimate of drug-likeness (QED) is 0.230. The maximum atomic E-state index is 9.01. The largest absolute Gasteiger partial charge is 0.356 e. The third kappa shape index (κ3) is 6.52. The lowest BCUT2D eigenvalue weighted by molar-refractivity contribution is -0.286. The van der Waals surface area contributed by atoms with E-state index in [4.69, 9.17) is 19.7 Å². The van der Waals surface area contributed by atoms with E-state index in [1.807, 2.05) is 54.9 Å². The number of hydrogen-bond donors (Lipinski definition) is 1. The zero-order chi connectivity index (χ0) is 24.7. The van der Waals surface area contributed by atoms with Gasteiger partial charge >= 0.3 is 0 Å². The zero-order valence-corrected chi connectivity index (χ0v) is 21.1. The van der Waals surface area contributed by atoms with Gasteiger partial charge in [0.1, 0.15) is 13.1 Å². The number of azide groups is 1. The number of ether oxygens (including phenoxy) is 3. The average Bonchev–Trinajstić information content (AvgIpc) is 3.20. The maximum absolute atomic E-state index is 9.01. The van der Waals surface area contributed by atoms with Crippen LogP contribution in [-0.4, -0.2) is 51.6 Å². The van der Waals surface area contributed by atoms with Crippen molar-refractivity contribution >= 4 is 28.6 Å². The number of nitrogens with zero attached hydrogens (tertiary/aromatic N) is 6.